The van der Waals surface area contributed by atoms with Crippen molar-refractivity contribution in [3.05, 3.63) is 71.0 Å². The molecule has 0 bridgehead atoms. The number of hydrogen-bond donors (Lipinski definition) is 1. The van der Waals surface area contributed by atoms with E-state index in [4.69, 9.17) is 0 Å². The van der Waals surface area contributed by atoms with E-state index in [2.05, 4.69) is 72.8 Å². The van der Waals surface area contributed by atoms with Crippen LogP contribution in [0, 0.1) is 0 Å². The van der Waals surface area contributed by atoms with Crippen LogP contribution in [0.25, 0.3) is 17.0 Å². The zero-order valence-electron chi connectivity index (χ0n) is 13.1. The molecule has 0 saturated carbocycles. The highest BCUT2D eigenvalue weighted by Crippen LogP contribution is 2.39. The fourth-order valence-electron chi connectivity index (χ4n) is 3.74. The zero-order chi connectivity index (χ0) is 15.3. The van der Waals surface area contributed by atoms with Crippen LogP contribution in [0.3, 0.4) is 0 Å². The number of fused-ring (bicyclic) bond motifs is 2. The Hall–Kier alpha value is -2.55. The predicted molar refractivity (Wildman–Crippen MR) is 90.4 cm³/mol. The highest BCUT2D eigenvalue weighted by atomic mass is 15.3. The minimum atomic E-state index is -0.291. The molecule has 110 valence electrons. The number of nitrogens with zero attached hydrogens (tertiary/aromatic N) is 2. The summed E-state index contributed by atoms with van der Waals surface area (Å²) in [5.41, 5.74) is 5.67. The molecule has 0 saturated heterocycles. The van der Waals surface area contributed by atoms with Crippen LogP contribution < -0.4 is 5.32 Å². The summed E-state index contributed by atoms with van der Waals surface area (Å²) in [5, 5.41) is 9.57. The van der Waals surface area contributed by atoms with Gasteiger partial charge in [0.15, 0.2) is 0 Å². The van der Waals surface area contributed by atoms with E-state index in [0.29, 0.717) is 0 Å². The maximum Gasteiger partial charge on any atom is 0.103 e. The van der Waals surface area contributed by atoms with Crippen molar-refractivity contribution in [1.82, 2.24) is 15.1 Å². The Bertz CT molecular complexity index is 904. The highest BCUT2D eigenvalue weighted by Gasteiger charge is 2.37. The second-order valence-electron chi connectivity index (χ2n) is 6.15. The van der Waals surface area contributed by atoms with Crippen molar-refractivity contribution in [1.29, 1.82) is 0 Å². The minimum Gasteiger partial charge on any atom is -0.374 e. The quantitative estimate of drug-likeness (QED) is 0.738. The average molecular weight is 289 g/mol. The van der Waals surface area contributed by atoms with Crippen molar-refractivity contribution in [2.45, 2.75) is 19.4 Å². The molecular weight excluding hydrogens is 270 g/mol. The smallest absolute Gasteiger partial charge is 0.103 e. The summed E-state index contributed by atoms with van der Waals surface area (Å²) in [7, 11) is 2.03. The standard InChI is InChI=1S/C19H19N3/c1-13-12-14-8-4-6-10-16(14)19(2,20-13)18-15-9-5-7-11-17(15)21-22(18)3/h4-12,20H,1-3H3. The van der Waals surface area contributed by atoms with Gasteiger partial charge in [-0.25, -0.2) is 0 Å². The van der Waals surface area contributed by atoms with E-state index in [1.807, 2.05) is 17.8 Å². The first-order chi connectivity index (χ1) is 10.6. The van der Waals surface area contributed by atoms with E-state index in [0.717, 1.165) is 5.52 Å². The molecule has 1 unspecified atom stereocenters. The van der Waals surface area contributed by atoms with Gasteiger partial charge < -0.3 is 5.32 Å². The number of allylic oxidation sites excluding steroid dienone is 1. The first-order valence-corrected chi connectivity index (χ1v) is 7.58. The van der Waals surface area contributed by atoms with E-state index in [1.165, 1.54) is 27.9 Å². The van der Waals surface area contributed by atoms with Crippen molar-refractivity contribution in [2.24, 2.45) is 7.05 Å². The third kappa shape index (κ3) is 1.72. The van der Waals surface area contributed by atoms with Crippen molar-refractivity contribution in [2.75, 3.05) is 0 Å². The maximum absolute atomic E-state index is 4.69. The molecule has 0 radical (unpaired) electrons. The summed E-state index contributed by atoms with van der Waals surface area (Å²) in [6, 6.07) is 16.9. The van der Waals surface area contributed by atoms with Crippen LogP contribution in [0.2, 0.25) is 0 Å². The molecule has 3 nitrogen and oxygen atoms in total. The monoisotopic (exact) mass is 289 g/mol. The second-order valence-corrected chi connectivity index (χ2v) is 6.15. The molecule has 0 spiro atoms. The van der Waals surface area contributed by atoms with E-state index >= 15 is 0 Å². The molecule has 0 amide bonds. The van der Waals surface area contributed by atoms with Gasteiger partial charge >= 0.3 is 0 Å². The van der Waals surface area contributed by atoms with Crippen molar-refractivity contribution < 1.29 is 0 Å². The molecule has 2 aromatic carbocycles. The molecule has 1 aliphatic rings. The number of rotatable bonds is 1. The third-order valence-corrected chi connectivity index (χ3v) is 4.53. The van der Waals surface area contributed by atoms with E-state index in [9.17, 15) is 0 Å². The second kappa shape index (κ2) is 4.47. The van der Waals surface area contributed by atoms with Crippen LogP contribution in [-0.2, 0) is 12.6 Å². The fourth-order valence-corrected chi connectivity index (χ4v) is 3.74. The molecule has 2 heterocycles. The average Bonchev–Trinajstić information content (AvgIpc) is 2.83. The lowest BCUT2D eigenvalue weighted by molar-refractivity contribution is 0.448. The molecule has 1 aromatic heterocycles. The van der Waals surface area contributed by atoms with Gasteiger partial charge in [-0.1, -0.05) is 42.5 Å². The molecule has 0 aliphatic carbocycles. The van der Waals surface area contributed by atoms with Gasteiger partial charge in [-0.3, -0.25) is 4.68 Å². The lowest BCUT2D eigenvalue weighted by Gasteiger charge is -2.37. The summed E-state index contributed by atoms with van der Waals surface area (Å²) >= 11 is 0. The molecule has 22 heavy (non-hydrogen) atoms. The fraction of sp³-hybridized carbons (Fsp3) is 0.211. The first-order valence-electron chi connectivity index (χ1n) is 7.58. The summed E-state index contributed by atoms with van der Waals surface area (Å²) in [6.07, 6.45) is 2.20. The van der Waals surface area contributed by atoms with Crippen molar-refractivity contribution in [3.8, 4) is 0 Å². The van der Waals surface area contributed by atoms with Crippen molar-refractivity contribution >= 4 is 17.0 Å². The van der Waals surface area contributed by atoms with Crippen LogP contribution in [0.4, 0.5) is 0 Å². The number of aromatic nitrogens is 2. The topological polar surface area (TPSA) is 29.9 Å². The maximum atomic E-state index is 4.69. The van der Waals surface area contributed by atoms with Crippen molar-refractivity contribution in [3.63, 3.8) is 0 Å². The lowest BCUT2D eigenvalue weighted by Crippen LogP contribution is -2.43. The van der Waals surface area contributed by atoms with Gasteiger partial charge in [0.1, 0.15) is 5.54 Å². The number of aryl methyl sites for hydroxylation is 1. The molecule has 1 N–H and O–H groups in total. The van der Waals surface area contributed by atoms with Gasteiger partial charge in [-0.15, -0.1) is 0 Å². The van der Waals surface area contributed by atoms with Gasteiger partial charge in [-0.05, 0) is 37.1 Å². The molecule has 4 rings (SSSR count). The van der Waals surface area contributed by atoms with Gasteiger partial charge in [0.2, 0.25) is 0 Å². The van der Waals surface area contributed by atoms with Gasteiger partial charge in [-0.2, -0.15) is 5.10 Å². The minimum absolute atomic E-state index is 0.291. The Labute approximate surface area is 130 Å². The number of nitrogens with one attached hydrogen (secondary N) is 1. The SMILES string of the molecule is CC1=Cc2ccccc2C(C)(c2c3ccccc3nn2C)N1. The Balaban J connectivity index is 2.05. The van der Waals surface area contributed by atoms with Gasteiger partial charge in [0, 0.05) is 18.1 Å². The third-order valence-electron chi connectivity index (χ3n) is 4.53. The summed E-state index contributed by atoms with van der Waals surface area (Å²) in [5.74, 6) is 0. The molecule has 3 aromatic rings. The molecule has 1 aliphatic heterocycles. The Kier molecular flexibility index (Phi) is 2.67. The Morgan fingerprint density at radius 3 is 2.64 bits per heavy atom. The molecule has 0 fully saturated rings. The van der Waals surface area contributed by atoms with E-state index < -0.39 is 0 Å². The Morgan fingerprint density at radius 2 is 1.77 bits per heavy atom. The molecule has 1 atom stereocenters. The van der Waals surface area contributed by atoms with Crippen LogP contribution in [0.15, 0.2) is 54.2 Å². The zero-order valence-corrected chi connectivity index (χ0v) is 13.1. The molecular formula is C19H19N3. The summed E-state index contributed by atoms with van der Waals surface area (Å²) in [4.78, 5) is 0. The molecule has 3 heteroatoms. The lowest BCUT2D eigenvalue weighted by atomic mass is 9.81. The van der Waals surface area contributed by atoms with E-state index in [1.54, 1.807) is 0 Å². The van der Waals surface area contributed by atoms with Gasteiger partial charge in [0.05, 0.1) is 11.2 Å². The van der Waals surface area contributed by atoms with Gasteiger partial charge in [0.25, 0.3) is 0 Å². The van der Waals surface area contributed by atoms with Crippen LogP contribution >= 0.6 is 0 Å². The summed E-state index contributed by atoms with van der Waals surface area (Å²) in [6.45, 7) is 4.36. The first kappa shape index (κ1) is 13.1. The summed E-state index contributed by atoms with van der Waals surface area (Å²) < 4.78 is 2.01. The van der Waals surface area contributed by atoms with E-state index in [-0.39, 0.29) is 5.54 Å². The Morgan fingerprint density at radius 1 is 1.05 bits per heavy atom. The van der Waals surface area contributed by atoms with Crippen LogP contribution in [0.5, 0.6) is 0 Å². The highest BCUT2D eigenvalue weighted by molar-refractivity contribution is 5.84. The van der Waals surface area contributed by atoms with Crippen LogP contribution in [0.1, 0.15) is 30.7 Å². The largest absolute Gasteiger partial charge is 0.374 e. The normalized spacial score (nSPS) is 20.4. The number of hydrogen-bond acceptors (Lipinski definition) is 2. The predicted octanol–water partition coefficient (Wildman–Crippen LogP) is 3.80. The number of benzene rings is 2. The van der Waals surface area contributed by atoms with Crippen LogP contribution in [-0.4, -0.2) is 9.78 Å².